The van der Waals surface area contributed by atoms with Crippen LogP contribution in [0.5, 0.6) is 5.75 Å². The third-order valence-corrected chi connectivity index (χ3v) is 12.5. The first-order valence-corrected chi connectivity index (χ1v) is 39.7. The molecule has 0 aliphatic carbocycles. The number of nitrogens with two attached hydrogens (primary N) is 1. The molecular weight excluding hydrogens is 1900 g/mol. The van der Waals surface area contributed by atoms with Gasteiger partial charge in [-0.05, 0) is 166 Å². The summed E-state index contributed by atoms with van der Waals surface area (Å²) in [4.78, 5) is 158. The number of carbonyl (C=O) groups excluding carboxylic acids is 10. The highest BCUT2D eigenvalue weighted by Gasteiger charge is 2.38. The minimum atomic E-state index is -1.92. The highest BCUT2D eigenvalue weighted by Crippen LogP contribution is 2.29. The van der Waals surface area contributed by atoms with Gasteiger partial charge in [0.15, 0.2) is 0 Å². The van der Waals surface area contributed by atoms with Gasteiger partial charge in [0, 0.05) is 107 Å². The van der Waals surface area contributed by atoms with Gasteiger partial charge in [0.1, 0.15) is 47.9 Å². The SMILES string of the molecule is C=C.C=C.C=C.C=C.C=C.C=C.C=C.C=C.C=C.C=C.C=C.C=C.C=C.C=C.C=C.C=C.C=C.C=C.C=C.C=C.C=C.C=C.C=C.C=C.COOOOOOOOOOOOOCC(COOOOOOOOOOOOOC)(COC(=O)CCCC(=O)CC(C(=O)CC(CCCNC(N)=O)C(=O)Cc1ccc(COC(=O)Oc2ccc([N+](=O)[O-])cc2)cc1)C(C)C)CC(=O)CCCC(=O)CCN1C(=O)C=CC1=O. The predicted molar refractivity (Wildman–Crippen MR) is 553 cm³/mol. The number of nitro benzene ring substituents is 1. The summed E-state index contributed by atoms with van der Waals surface area (Å²) in [5, 5.41) is 98.6. The minimum absolute atomic E-state index is 0.0152. The average Bonchev–Trinajstić information content (AvgIpc) is 1.05. The Kier molecular flexibility index (Phi) is 233. The summed E-state index contributed by atoms with van der Waals surface area (Å²) in [6, 6.07) is 10.4. The second-order valence-electron chi connectivity index (χ2n) is 19.6. The Morgan fingerprint density at radius 3 is 1.06 bits per heavy atom. The molecule has 0 radical (unpaired) electrons. The van der Waals surface area contributed by atoms with Gasteiger partial charge >= 0.3 is 18.2 Å². The molecule has 0 bridgehead atoms. The van der Waals surface area contributed by atoms with Crippen molar-refractivity contribution in [2.75, 3.05) is 47.1 Å². The lowest BCUT2D eigenvalue weighted by atomic mass is 9.80. The Balaban J connectivity index is -0.000000135. The van der Waals surface area contributed by atoms with Crippen molar-refractivity contribution < 1.29 is 197 Å². The van der Waals surface area contributed by atoms with Crippen molar-refractivity contribution in [2.24, 2.45) is 28.9 Å². The number of nitrogens with zero attached hydrogens (tertiary/aromatic N) is 2. The number of esters is 1. The van der Waals surface area contributed by atoms with Crippen LogP contribution in [0.2, 0.25) is 0 Å². The van der Waals surface area contributed by atoms with E-state index in [9.17, 15) is 58.1 Å². The molecule has 2 aromatic carbocycles. The quantitative estimate of drug-likeness (QED) is 0.00907. The van der Waals surface area contributed by atoms with Crippen LogP contribution in [0.4, 0.5) is 15.3 Å². The molecule has 4 amide bonds. The number of rotatable bonds is 60. The standard InChI is InChI=1S/C51H66N4O41.24C2H4/c1-34(2)43(45(60)27-37(8-7-24-53-49(52)64)44(59)26-35-13-15-36(16-14-35)30-70-50(65)74-42-19-17-38(18-20-42)55(66)67)28-40(57)10-6-12-48(63)71-31-51(32-72-77-81-85-89-93-95-91-87-83-79-75-68-3,33-73-78-82-86-90-94-96-92-88-84-80-76-69-4)29-41(58)11-5-9-39(56)23-25-54-46(61)21-22-47(54)62;24*1-2/h13-22,34,37,43H,5-12,23-33H2,1-4H3,(H3,52,53,64);24*1-2H2. The molecule has 2 atom stereocenters. The molecule has 3 rings (SSSR count). The smallest absolute Gasteiger partial charge is 0.465 e. The maximum Gasteiger partial charge on any atom is 0.514 e. The molecular formula is C99H162N4O41. The number of hydrogen-bond donors (Lipinski definition) is 2. The molecule has 45 heteroatoms. The summed E-state index contributed by atoms with van der Waals surface area (Å²) in [5.74, 6) is -6.50. The van der Waals surface area contributed by atoms with Crippen LogP contribution in [0.15, 0.2) is 376 Å². The molecule has 1 heterocycles. The third-order valence-electron chi connectivity index (χ3n) is 12.5. The molecule has 0 fully saturated rings. The summed E-state index contributed by atoms with van der Waals surface area (Å²) in [5.41, 5.74) is 4.16. The number of nitrogens with one attached hydrogen (secondary N) is 1. The highest BCUT2D eigenvalue weighted by molar-refractivity contribution is 6.13. The number of imide groups is 1. The Morgan fingerprint density at radius 1 is 0.389 bits per heavy atom. The van der Waals surface area contributed by atoms with Gasteiger partial charge in [-0.2, -0.15) is 0 Å². The molecule has 2 aromatic rings. The van der Waals surface area contributed by atoms with Gasteiger partial charge in [-0.15, -0.1) is 316 Å². The number of urea groups is 1. The van der Waals surface area contributed by atoms with Gasteiger partial charge in [-0.1, -0.05) is 38.1 Å². The monoisotopic (exact) mass is 2060 g/mol. The zero-order valence-corrected chi connectivity index (χ0v) is 85.1. The van der Waals surface area contributed by atoms with Gasteiger partial charge in [0.25, 0.3) is 17.5 Å². The zero-order chi connectivity index (χ0) is 118. The molecule has 144 heavy (non-hydrogen) atoms. The summed E-state index contributed by atoms with van der Waals surface area (Å²) in [6.45, 7) is 145. The van der Waals surface area contributed by atoms with E-state index < -0.39 is 114 Å². The largest absolute Gasteiger partial charge is 0.514 e. The lowest BCUT2D eigenvalue weighted by molar-refractivity contribution is -0.870. The second-order valence-corrected chi connectivity index (χ2v) is 19.6. The number of benzene rings is 2. The number of Topliss-reactive ketones (excluding diaryl/α,β-unsaturated/α-hetero) is 5. The van der Waals surface area contributed by atoms with E-state index >= 15 is 0 Å². The molecule has 0 saturated carbocycles. The van der Waals surface area contributed by atoms with Crippen molar-refractivity contribution in [1.29, 1.82) is 0 Å². The first-order valence-electron chi connectivity index (χ1n) is 39.7. The van der Waals surface area contributed by atoms with E-state index in [0.29, 0.717) is 11.1 Å². The van der Waals surface area contributed by atoms with E-state index in [1.54, 1.807) is 38.1 Å². The number of ether oxygens (including phenoxy) is 3. The molecule has 1 aliphatic heterocycles. The Bertz CT molecular complexity index is 3030. The van der Waals surface area contributed by atoms with Crippen molar-refractivity contribution in [3.63, 3.8) is 0 Å². The van der Waals surface area contributed by atoms with E-state index in [4.69, 9.17) is 29.7 Å². The van der Waals surface area contributed by atoms with Gasteiger partial charge < -0.3 is 25.3 Å². The van der Waals surface area contributed by atoms with E-state index in [1.807, 2.05) is 0 Å². The van der Waals surface area contributed by atoms with Crippen molar-refractivity contribution in [2.45, 2.75) is 104 Å². The van der Waals surface area contributed by atoms with Gasteiger partial charge in [0.2, 0.25) is 0 Å². The third kappa shape index (κ3) is 136. The van der Waals surface area contributed by atoms with E-state index in [-0.39, 0.29) is 108 Å². The molecule has 0 aromatic heterocycles. The first kappa shape index (κ1) is 185. The Hall–Kier alpha value is -14.2. The fourth-order valence-corrected chi connectivity index (χ4v) is 8.02. The van der Waals surface area contributed by atoms with Crippen LogP contribution in [0.1, 0.15) is 102 Å². The first-order chi connectivity index (χ1) is 70.2. The highest BCUT2D eigenvalue weighted by atomic mass is 18.0. The Morgan fingerprint density at radius 2 is 0.715 bits per heavy atom. The van der Waals surface area contributed by atoms with Crippen LogP contribution >= 0.6 is 0 Å². The van der Waals surface area contributed by atoms with E-state index in [1.165, 1.54) is 12.1 Å². The molecule has 3 N–H and O–H groups in total. The number of hydrogen-bond acceptors (Lipinski definition) is 41. The fourth-order valence-electron chi connectivity index (χ4n) is 8.02. The van der Waals surface area contributed by atoms with Crippen LogP contribution in [0, 0.1) is 33.3 Å². The van der Waals surface area contributed by atoms with Crippen LogP contribution in [-0.4, -0.2) is 116 Å². The molecule has 1 aliphatic rings. The molecule has 0 saturated heterocycles. The lowest BCUT2D eigenvalue weighted by Crippen LogP contribution is -2.40. The minimum Gasteiger partial charge on any atom is -0.465 e. The van der Waals surface area contributed by atoms with Crippen LogP contribution < -0.4 is 15.8 Å². The van der Waals surface area contributed by atoms with Crippen molar-refractivity contribution >= 4 is 64.6 Å². The van der Waals surface area contributed by atoms with Crippen molar-refractivity contribution in [3.05, 3.63) is 398 Å². The van der Waals surface area contributed by atoms with Crippen molar-refractivity contribution in [1.82, 2.24) is 10.2 Å². The molecule has 2 unspecified atom stereocenters. The normalized spacial score (nSPS) is 9.22. The summed E-state index contributed by atoms with van der Waals surface area (Å²) in [6.07, 6.45) is -1.51. The second kappa shape index (κ2) is 181. The van der Waals surface area contributed by atoms with Crippen LogP contribution in [0.3, 0.4) is 0 Å². The fraction of sp³-hybridized carbons (Fsp3) is 0.273. The van der Waals surface area contributed by atoms with Crippen LogP contribution in [-0.2, 0) is 191 Å². The van der Waals surface area contributed by atoms with E-state index in [0.717, 1.165) is 43.4 Å². The van der Waals surface area contributed by atoms with Gasteiger partial charge in [0.05, 0.1) is 37.8 Å². The maximum absolute atomic E-state index is 14.0. The van der Waals surface area contributed by atoms with Gasteiger partial charge in [-0.25, -0.2) is 29.1 Å². The average molecular weight is 2060 g/mol. The predicted octanol–water partition coefficient (Wildman–Crippen LogP) is 23.3. The number of carbonyl (C=O) groups is 10. The van der Waals surface area contributed by atoms with Crippen molar-refractivity contribution in [3.8, 4) is 5.75 Å². The number of primary amides is 1. The maximum atomic E-state index is 14.0. The summed E-state index contributed by atoms with van der Waals surface area (Å²) < 4.78 is 15.7. The van der Waals surface area contributed by atoms with Crippen LogP contribution in [0.25, 0.3) is 0 Å². The zero-order valence-electron chi connectivity index (χ0n) is 85.1. The number of non-ortho nitro benzene ring substituents is 1. The van der Waals surface area contributed by atoms with Gasteiger partial charge in [-0.3, -0.25) is 53.4 Å². The van der Waals surface area contributed by atoms with E-state index in [2.05, 4.69) is 442 Å². The topological polar surface area (TPSA) is 523 Å². The number of ketones is 5. The molecule has 45 nitrogen and oxygen atoms in total. The number of nitro groups is 1. The summed E-state index contributed by atoms with van der Waals surface area (Å²) in [7, 11) is 2.08. The summed E-state index contributed by atoms with van der Waals surface area (Å²) >= 11 is 0. The molecule has 824 valence electrons. The Labute approximate surface area is 852 Å². The number of amides is 4. The lowest BCUT2D eigenvalue weighted by Gasteiger charge is -2.30. The molecule has 0 spiro atoms.